The normalized spacial score (nSPS) is 15.8. The number of Topliss-reactive ketones (excluding diaryl/α,β-unsaturated/α-hetero) is 1. The first-order chi connectivity index (χ1) is 13.5. The SMILES string of the molecule is O=C(Nc1ncc2c(n1)C[C@H](c1ccccc1)CC2=O)c1ccc(Cl)cc1Cl. The van der Waals surface area contributed by atoms with Crippen LogP contribution in [0.2, 0.25) is 10.0 Å². The van der Waals surface area contributed by atoms with E-state index in [-0.39, 0.29) is 28.2 Å². The maximum Gasteiger partial charge on any atom is 0.259 e. The zero-order valence-corrected chi connectivity index (χ0v) is 16.2. The van der Waals surface area contributed by atoms with Crippen LogP contribution >= 0.6 is 23.2 Å². The molecule has 2 aromatic carbocycles. The number of ketones is 1. The van der Waals surface area contributed by atoms with Gasteiger partial charge in [0.25, 0.3) is 5.91 Å². The average Bonchev–Trinajstić information content (AvgIpc) is 2.68. The molecule has 0 saturated carbocycles. The number of nitrogens with one attached hydrogen (secondary N) is 1. The largest absolute Gasteiger partial charge is 0.294 e. The Balaban J connectivity index is 1.58. The third kappa shape index (κ3) is 3.77. The van der Waals surface area contributed by atoms with Crippen LogP contribution in [-0.4, -0.2) is 21.7 Å². The van der Waals surface area contributed by atoms with E-state index in [9.17, 15) is 9.59 Å². The molecule has 0 saturated heterocycles. The fourth-order valence-corrected chi connectivity index (χ4v) is 3.80. The second-order valence-electron chi connectivity index (χ2n) is 6.57. The minimum atomic E-state index is -0.441. The molecule has 3 aromatic rings. The average molecular weight is 412 g/mol. The van der Waals surface area contributed by atoms with Gasteiger partial charge in [0.1, 0.15) is 0 Å². The molecule has 1 amide bonds. The molecule has 0 fully saturated rings. The Morgan fingerprint density at radius 1 is 1.07 bits per heavy atom. The van der Waals surface area contributed by atoms with Crippen LogP contribution < -0.4 is 5.32 Å². The van der Waals surface area contributed by atoms with Gasteiger partial charge >= 0.3 is 0 Å². The number of anilines is 1. The summed E-state index contributed by atoms with van der Waals surface area (Å²) in [5.74, 6) is -0.237. The van der Waals surface area contributed by atoms with Gasteiger partial charge in [-0.2, -0.15) is 0 Å². The molecular weight excluding hydrogens is 397 g/mol. The van der Waals surface area contributed by atoms with E-state index in [0.29, 0.717) is 29.1 Å². The predicted octanol–water partition coefficient (Wildman–Crippen LogP) is 4.95. The molecule has 1 N–H and O–H groups in total. The number of carbonyl (C=O) groups excluding carboxylic acids is 2. The first-order valence-electron chi connectivity index (χ1n) is 8.71. The Morgan fingerprint density at radius 3 is 2.61 bits per heavy atom. The van der Waals surface area contributed by atoms with Gasteiger partial charge < -0.3 is 0 Å². The van der Waals surface area contributed by atoms with Gasteiger partial charge in [0.15, 0.2) is 5.78 Å². The van der Waals surface area contributed by atoms with E-state index >= 15 is 0 Å². The van der Waals surface area contributed by atoms with Gasteiger partial charge in [-0.1, -0.05) is 53.5 Å². The Kier molecular flexibility index (Phi) is 5.11. The molecule has 7 heteroatoms. The van der Waals surface area contributed by atoms with E-state index in [1.807, 2.05) is 30.3 Å². The van der Waals surface area contributed by atoms with Crippen molar-refractivity contribution in [1.82, 2.24) is 9.97 Å². The summed E-state index contributed by atoms with van der Waals surface area (Å²) in [7, 11) is 0. The lowest BCUT2D eigenvalue weighted by Gasteiger charge is -2.23. The zero-order valence-electron chi connectivity index (χ0n) is 14.7. The number of hydrogen-bond donors (Lipinski definition) is 1. The lowest BCUT2D eigenvalue weighted by Crippen LogP contribution is -2.22. The standard InChI is InChI=1S/C21H15Cl2N3O2/c22-14-6-7-15(17(23)10-14)20(28)26-21-24-11-16-18(25-21)8-13(9-19(16)27)12-4-2-1-3-5-12/h1-7,10-11,13H,8-9H2,(H,24,25,26,28)/t13-/m0/s1. The van der Waals surface area contributed by atoms with Crippen molar-refractivity contribution >= 4 is 40.8 Å². The predicted molar refractivity (Wildman–Crippen MR) is 108 cm³/mol. The van der Waals surface area contributed by atoms with Gasteiger partial charge in [0.05, 0.1) is 21.8 Å². The molecule has 0 unspecified atom stereocenters. The lowest BCUT2D eigenvalue weighted by molar-refractivity contribution is 0.0962. The first-order valence-corrected chi connectivity index (χ1v) is 9.47. The smallest absolute Gasteiger partial charge is 0.259 e. The third-order valence-electron chi connectivity index (χ3n) is 4.71. The Bertz CT molecular complexity index is 1070. The van der Waals surface area contributed by atoms with Crippen molar-refractivity contribution in [3.63, 3.8) is 0 Å². The molecule has 140 valence electrons. The van der Waals surface area contributed by atoms with Crippen molar-refractivity contribution in [2.45, 2.75) is 18.8 Å². The highest BCUT2D eigenvalue weighted by Gasteiger charge is 2.28. The van der Waals surface area contributed by atoms with E-state index < -0.39 is 5.91 Å². The summed E-state index contributed by atoms with van der Waals surface area (Å²) in [4.78, 5) is 33.5. The minimum absolute atomic E-state index is 0.00808. The summed E-state index contributed by atoms with van der Waals surface area (Å²) in [5, 5.41) is 3.32. The Hall–Kier alpha value is -2.76. The van der Waals surface area contributed by atoms with Crippen LogP contribution in [0, 0.1) is 0 Å². The monoisotopic (exact) mass is 411 g/mol. The van der Waals surface area contributed by atoms with E-state index in [1.54, 1.807) is 6.07 Å². The number of rotatable bonds is 3. The number of amides is 1. The number of halogens is 2. The molecule has 1 atom stereocenters. The number of fused-ring (bicyclic) bond motifs is 1. The molecular formula is C21H15Cl2N3O2. The second kappa shape index (κ2) is 7.70. The van der Waals surface area contributed by atoms with Crippen LogP contribution in [0.15, 0.2) is 54.7 Å². The molecule has 1 heterocycles. The minimum Gasteiger partial charge on any atom is -0.294 e. The van der Waals surface area contributed by atoms with Gasteiger partial charge in [-0.25, -0.2) is 9.97 Å². The molecule has 0 spiro atoms. The maximum atomic E-state index is 12.5. The highest BCUT2D eigenvalue weighted by molar-refractivity contribution is 6.37. The zero-order chi connectivity index (χ0) is 19.7. The van der Waals surface area contributed by atoms with Crippen molar-refractivity contribution in [2.24, 2.45) is 0 Å². The summed E-state index contributed by atoms with van der Waals surface area (Å²) in [6.07, 6.45) is 2.51. The van der Waals surface area contributed by atoms with E-state index in [2.05, 4.69) is 15.3 Å². The molecule has 0 aliphatic heterocycles. The maximum absolute atomic E-state index is 12.5. The van der Waals surface area contributed by atoms with Crippen LogP contribution in [-0.2, 0) is 6.42 Å². The number of hydrogen-bond acceptors (Lipinski definition) is 4. The molecule has 4 rings (SSSR count). The summed E-state index contributed by atoms with van der Waals surface area (Å²) in [5.41, 5.74) is 2.51. The number of benzene rings is 2. The summed E-state index contributed by atoms with van der Waals surface area (Å²) >= 11 is 11.9. The molecule has 1 aromatic heterocycles. The Morgan fingerprint density at radius 2 is 1.86 bits per heavy atom. The lowest BCUT2D eigenvalue weighted by atomic mass is 9.82. The fraction of sp³-hybridized carbons (Fsp3) is 0.143. The quantitative estimate of drug-likeness (QED) is 0.661. The van der Waals surface area contributed by atoms with Crippen LogP contribution in [0.1, 0.15) is 44.3 Å². The van der Waals surface area contributed by atoms with Crippen molar-refractivity contribution in [2.75, 3.05) is 5.32 Å². The molecule has 0 bridgehead atoms. The summed E-state index contributed by atoms with van der Waals surface area (Å²) in [6, 6.07) is 14.5. The van der Waals surface area contributed by atoms with Gasteiger partial charge in [-0.05, 0) is 36.1 Å². The van der Waals surface area contributed by atoms with Crippen molar-refractivity contribution < 1.29 is 9.59 Å². The number of aromatic nitrogens is 2. The van der Waals surface area contributed by atoms with Gasteiger partial charge in [0, 0.05) is 17.6 Å². The van der Waals surface area contributed by atoms with E-state index in [0.717, 1.165) is 5.56 Å². The highest BCUT2D eigenvalue weighted by atomic mass is 35.5. The van der Waals surface area contributed by atoms with E-state index in [4.69, 9.17) is 23.2 Å². The van der Waals surface area contributed by atoms with Crippen molar-refractivity contribution in [3.05, 3.63) is 87.2 Å². The molecule has 1 aliphatic rings. The van der Waals surface area contributed by atoms with Crippen LogP contribution in [0.5, 0.6) is 0 Å². The number of carbonyl (C=O) groups is 2. The van der Waals surface area contributed by atoms with Crippen LogP contribution in [0.3, 0.4) is 0 Å². The summed E-state index contributed by atoms with van der Waals surface area (Å²) < 4.78 is 0. The van der Waals surface area contributed by atoms with Gasteiger partial charge in [-0.15, -0.1) is 0 Å². The first kappa shape index (κ1) is 18.6. The molecule has 0 radical (unpaired) electrons. The van der Waals surface area contributed by atoms with Crippen molar-refractivity contribution in [3.8, 4) is 0 Å². The molecule has 5 nitrogen and oxygen atoms in total. The van der Waals surface area contributed by atoms with Gasteiger partial charge in [0.2, 0.25) is 5.95 Å². The molecule has 28 heavy (non-hydrogen) atoms. The van der Waals surface area contributed by atoms with Crippen LogP contribution in [0.25, 0.3) is 0 Å². The third-order valence-corrected chi connectivity index (χ3v) is 5.26. The van der Waals surface area contributed by atoms with E-state index in [1.165, 1.54) is 18.3 Å². The topological polar surface area (TPSA) is 72.0 Å². The Labute approximate surface area is 171 Å². The highest BCUT2D eigenvalue weighted by Crippen LogP contribution is 2.32. The van der Waals surface area contributed by atoms with Gasteiger partial charge in [-0.3, -0.25) is 14.9 Å². The van der Waals surface area contributed by atoms with Crippen molar-refractivity contribution in [1.29, 1.82) is 0 Å². The summed E-state index contributed by atoms with van der Waals surface area (Å²) in [6.45, 7) is 0. The van der Waals surface area contributed by atoms with Crippen LogP contribution in [0.4, 0.5) is 5.95 Å². The fourth-order valence-electron chi connectivity index (χ4n) is 3.31. The number of nitrogens with zero attached hydrogens (tertiary/aromatic N) is 2. The molecule has 1 aliphatic carbocycles. The second-order valence-corrected chi connectivity index (χ2v) is 7.41.